The lowest BCUT2D eigenvalue weighted by Crippen LogP contribution is -2.28. The fourth-order valence-electron chi connectivity index (χ4n) is 3.07. The highest BCUT2D eigenvalue weighted by Gasteiger charge is 2.37. The van der Waals surface area contributed by atoms with Crippen molar-refractivity contribution in [1.29, 1.82) is 0 Å². The number of amides is 1. The van der Waals surface area contributed by atoms with Crippen LogP contribution in [0.15, 0.2) is 48.9 Å². The van der Waals surface area contributed by atoms with Gasteiger partial charge in [-0.25, -0.2) is 4.79 Å². The van der Waals surface area contributed by atoms with Gasteiger partial charge in [-0.05, 0) is 37.3 Å². The number of carbonyl (C=O) groups is 2. The minimum Gasteiger partial charge on any atom is -0.465 e. The Morgan fingerprint density at radius 2 is 1.49 bits per heavy atom. The second-order valence-electron chi connectivity index (χ2n) is 7.20. The van der Waals surface area contributed by atoms with Crippen molar-refractivity contribution in [2.75, 3.05) is 7.11 Å². The molecule has 0 bridgehead atoms. The number of halogens is 6. The largest absolute Gasteiger partial charge is 0.465 e. The smallest absolute Gasteiger partial charge is 0.416 e. The Kier molecular flexibility index (Phi) is 7.08. The second-order valence-corrected chi connectivity index (χ2v) is 7.20. The van der Waals surface area contributed by atoms with Crippen LogP contribution < -0.4 is 5.32 Å². The Morgan fingerprint density at radius 1 is 0.886 bits per heavy atom. The van der Waals surface area contributed by atoms with Gasteiger partial charge in [0.25, 0.3) is 5.91 Å². The van der Waals surface area contributed by atoms with Crippen molar-refractivity contribution >= 4 is 11.9 Å². The van der Waals surface area contributed by atoms with E-state index < -0.39 is 47.0 Å². The predicted molar refractivity (Wildman–Crippen MR) is 109 cm³/mol. The molecule has 1 aromatic carbocycles. The summed E-state index contributed by atoms with van der Waals surface area (Å²) in [4.78, 5) is 36.6. The van der Waals surface area contributed by atoms with Crippen molar-refractivity contribution in [3.8, 4) is 11.4 Å². The van der Waals surface area contributed by atoms with Crippen LogP contribution in [0.5, 0.6) is 0 Å². The number of esters is 1. The van der Waals surface area contributed by atoms with Crippen LogP contribution in [0.3, 0.4) is 0 Å². The number of rotatable bonds is 5. The lowest BCUT2D eigenvalue weighted by atomic mass is 10.0. The molecule has 1 atom stereocenters. The highest BCUT2D eigenvalue weighted by Crippen LogP contribution is 2.36. The maximum atomic E-state index is 13.1. The normalized spacial score (nSPS) is 12.7. The third kappa shape index (κ3) is 5.91. The van der Waals surface area contributed by atoms with Gasteiger partial charge in [-0.3, -0.25) is 19.7 Å². The molecule has 0 aliphatic rings. The Balaban J connectivity index is 1.92. The van der Waals surface area contributed by atoms with Crippen molar-refractivity contribution in [2.24, 2.45) is 0 Å². The minimum absolute atomic E-state index is 0.0648. The van der Waals surface area contributed by atoms with E-state index >= 15 is 0 Å². The zero-order valence-electron chi connectivity index (χ0n) is 18.0. The molecule has 0 aliphatic carbocycles. The number of carbonyl (C=O) groups excluding carboxylic acids is 2. The van der Waals surface area contributed by atoms with Gasteiger partial charge >= 0.3 is 18.3 Å². The molecule has 13 heteroatoms. The fraction of sp³-hybridized carbons (Fsp3) is 0.227. The highest BCUT2D eigenvalue weighted by atomic mass is 19.4. The Morgan fingerprint density at radius 3 is 2.00 bits per heavy atom. The molecular weight excluding hydrogens is 482 g/mol. The van der Waals surface area contributed by atoms with Crippen molar-refractivity contribution < 1.29 is 40.7 Å². The number of alkyl halides is 6. The molecular formula is C22H16F6N4O3. The molecule has 2 heterocycles. The van der Waals surface area contributed by atoms with Gasteiger partial charge in [-0.1, -0.05) is 0 Å². The molecule has 0 saturated heterocycles. The number of ether oxygens (including phenoxy) is 1. The van der Waals surface area contributed by atoms with Gasteiger partial charge in [0.1, 0.15) is 5.69 Å². The topological polar surface area (TPSA) is 94.1 Å². The highest BCUT2D eigenvalue weighted by molar-refractivity contribution is 5.95. The van der Waals surface area contributed by atoms with E-state index in [1.807, 2.05) is 0 Å². The molecule has 0 spiro atoms. The molecule has 1 amide bonds. The van der Waals surface area contributed by atoms with Gasteiger partial charge in [0, 0.05) is 24.2 Å². The van der Waals surface area contributed by atoms with Crippen molar-refractivity contribution in [3.05, 3.63) is 76.9 Å². The number of pyridine rings is 1. The van der Waals surface area contributed by atoms with E-state index in [-0.39, 0.29) is 28.7 Å². The number of hydrogen-bond acceptors (Lipinski definition) is 6. The van der Waals surface area contributed by atoms with E-state index in [9.17, 15) is 35.9 Å². The monoisotopic (exact) mass is 498 g/mol. The number of hydrogen-bond donors (Lipinski definition) is 1. The van der Waals surface area contributed by atoms with Gasteiger partial charge in [-0.15, -0.1) is 0 Å². The third-order valence-corrected chi connectivity index (χ3v) is 4.76. The average Bonchev–Trinajstić information content (AvgIpc) is 2.82. The Bertz CT molecular complexity index is 1210. The fourth-order valence-corrected chi connectivity index (χ4v) is 3.07. The molecule has 0 fully saturated rings. The molecule has 3 aromatic rings. The van der Waals surface area contributed by atoms with E-state index in [1.54, 1.807) is 0 Å². The summed E-state index contributed by atoms with van der Waals surface area (Å²) in [5, 5.41) is 2.34. The summed E-state index contributed by atoms with van der Waals surface area (Å²) in [7, 11) is 1.20. The van der Waals surface area contributed by atoms with Gasteiger partial charge in [0.15, 0.2) is 0 Å². The standard InChI is InChI=1S/C22H16F6N4O3/c1-11(17-18(30-6-5-29-17)16-4-3-12(10-31-16)20(34)35-2)32-19(33)13-7-14(21(23,24)25)9-15(8-13)22(26,27)28/h3-11H,1-2H3,(H,32,33)/t11-/m1/s1. The maximum Gasteiger partial charge on any atom is 0.416 e. The van der Waals surface area contributed by atoms with Crippen LogP contribution in [0.1, 0.15) is 50.5 Å². The molecule has 35 heavy (non-hydrogen) atoms. The van der Waals surface area contributed by atoms with Crippen LogP contribution in [-0.2, 0) is 17.1 Å². The minimum atomic E-state index is -5.10. The number of nitrogens with zero attached hydrogens (tertiary/aromatic N) is 3. The van der Waals surface area contributed by atoms with Crippen LogP contribution in [0.2, 0.25) is 0 Å². The summed E-state index contributed by atoms with van der Waals surface area (Å²) in [5.41, 5.74) is -3.32. The van der Waals surface area contributed by atoms with Gasteiger partial charge < -0.3 is 10.1 Å². The van der Waals surface area contributed by atoms with Crippen LogP contribution in [0.25, 0.3) is 11.4 Å². The number of benzene rings is 1. The van der Waals surface area contributed by atoms with E-state index in [0.29, 0.717) is 12.1 Å². The zero-order chi connectivity index (χ0) is 26.0. The Hall–Kier alpha value is -4.03. The molecule has 3 rings (SSSR count). The third-order valence-electron chi connectivity index (χ3n) is 4.76. The van der Waals surface area contributed by atoms with Crippen molar-refractivity contribution in [1.82, 2.24) is 20.3 Å². The van der Waals surface area contributed by atoms with Crippen LogP contribution >= 0.6 is 0 Å². The molecule has 0 saturated carbocycles. The first-order valence-corrected chi connectivity index (χ1v) is 9.77. The van der Waals surface area contributed by atoms with E-state index in [0.717, 1.165) is 0 Å². The first kappa shape index (κ1) is 25.6. The molecule has 0 radical (unpaired) electrons. The Labute approximate surface area is 194 Å². The second kappa shape index (κ2) is 9.68. The molecule has 0 aliphatic heterocycles. The summed E-state index contributed by atoms with van der Waals surface area (Å²) in [6.07, 6.45) is -6.35. The van der Waals surface area contributed by atoms with Crippen LogP contribution in [0.4, 0.5) is 26.3 Å². The lowest BCUT2D eigenvalue weighted by Gasteiger charge is -2.18. The van der Waals surface area contributed by atoms with Crippen LogP contribution in [0, 0.1) is 0 Å². The van der Waals surface area contributed by atoms with E-state index in [1.165, 1.54) is 44.8 Å². The summed E-state index contributed by atoms with van der Waals surface area (Å²) >= 11 is 0. The number of methoxy groups -OCH3 is 1. The van der Waals surface area contributed by atoms with E-state index in [4.69, 9.17) is 0 Å². The maximum absolute atomic E-state index is 13.1. The average molecular weight is 498 g/mol. The van der Waals surface area contributed by atoms with Gasteiger partial charge in [0.05, 0.1) is 41.2 Å². The molecule has 7 nitrogen and oxygen atoms in total. The number of nitrogens with one attached hydrogen (secondary N) is 1. The van der Waals surface area contributed by atoms with E-state index in [2.05, 4.69) is 25.0 Å². The summed E-state index contributed by atoms with van der Waals surface area (Å²) in [6.45, 7) is 1.42. The van der Waals surface area contributed by atoms with Crippen LogP contribution in [-0.4, -0.2) is 33.9 Å². The van der Waals surface area contributed by atoms with Gasteiger partial charge in [-0.2, -0.15) is 26.3 Å². The first-order chi connectivity index (χ1) is 16.3. The quantitative estimate of drug-likeness (QED) is 0.399. The lowest BCUT2D eigenvalue weighted by molar-refractivity contribution is -0.143. The van der Waals surface area contributed by atoms with Crippen molar-refractivity contribution in [3.63, 3.8) is 0 Å². The summed E-state index contributed by atoms with van der Waals surface area (Å²) in [6, 6.07) is 2.47. The van der Waals surface area contributed by atoms with Crippen molar-refractivity contribution in [2.45, 2.75) is 25.3 Å². The first-order valence-electron chi connectivity index (χ1n) is 9.77. The molecule has 0 unspecified atom stereocenters. The molecule has 1 N–H and O–H groups in total. The molecule has 2 aromatic heterocycles. The summed E-state index contributed by atoms with van der Waals surface area (Å²) < 4.78 is 83.3. The SMILES string of the molecule is COC(=O)c1ccc(-c2nccnc2[C@@H](C)NC(=O)c2cc(C(F)(F)F)cc(C(F)(F)F)c2)nc1. The zero-order valence-corrected chi connectivity index (χ0v) is 18.0. The van der Waals surface area contributed by atoms with Gasteiger partial charge in [0.2, 0.25) is 0 Å². The number of aromatic nitrogens is 3. The predicted octanol–water partition coefficient (Wildman–Crippen LogP) is 4.85. The summed E-state index contributed by atoms with van der Waals surface area (Å²) in [5.74, 6) is -1.80. The molecule has 184 valence electrons.